The van der Waals surface area contributed by atoms with Crippen molar-refractivity contribution in [1.82, 2.24) is 0 Å². The molecule has 0 unspecified atom stereocenters. The van der Waals surface area contributed by atoms with Crippen molar-refractivity contribution >= 4 is 8.32 Å². The lowest BCUT2D eigenvalue weighted by Crippen LogP contribution is -2.48. The van der Waals surface area contributed by atoms with Crippen LogP contribution in [0.25, 0.3) is 0 Å². The van der Waals surface area contributed by atoms with Gasteiger partial charge < -0.3 is 9.53 Å². The number of rotatable bonds is 11. The minimum atomic E-state index is -1.76. The van der Waals surface area contributed by atoms with E-state index in [9.17, 15) is 5.11 Å². The van der Waals surface area contributed by atoms with Crippen LogP contribution >= 0.6 is 0 Å². The maximum Gasteiger partial charge on any atom is 0.200 e. The highest BCUT2D eigenvalue weighted by molar-refractivity contribution is 6.77. The minimum Gasteiger partial charge on any atom is -0.415 e. The third-order valence-corrected chi connectivity index (χ3v) is 11.1. The monoisotopic (exact) mass is 342 g/mol. The summed E-state index contributed by atoms with van der Waals surface area (Å²) in [6.45, 7) is 21.3. The molecule has 0 aromatic heterocycles. The van der Waals surface area contributed by atoms with E-state index in [1.807, 2.05) is 0 Å². The van der Waals surface area contributed by atoms with Crippen LogP contribution in [0.4, 0.5) is 0 Å². The van der Waals surface area contributed by atoms with Crippen LogP contribution < -0.4 is 0 Å². The topological polar surface area (TPSA) is 29.5 Å². The second-order valence-corrected chi connectivity index (χ2v) is 13.7. The zero-order valence-corrected chi connectivity index (χ0v) is 18.1. The maximum atomic E-state index is 9.94. The van der Waals surface area contributed by atoms with Crippen LogP contribution in [-0.4, -0.2) is 26.1 Å². The van der Waals surface area contributed by atoms with Gasteiger partial charge in [0.15, 0.2) is 8.32 Å². The van der Waals surface area contributed by atoms with Gasteiger partial charge in [-0.1, -0.05) is 73.5 Å². The van der Waals surface area contributed by atoms with E-state index in [1.165, 1.54) is 5.57 Å². The van der Waals surface area contributed by atoms with Crippen LogP contribution in [0.5, 0.6) is 0 Å². The summed E-state index contributed by atoms with van der Waals surface area (Å²) in [6, 6.07) is 0. The normalized spacial score (nSPS) is 16.5. The molecule has 0 heterocycles. The van der Waals surface area contributed by atoms with Crippen LogP contribution in [0.15, 0.2) is 11.6 Å². The molecule has 0 aliphatic heterocycles. The molecule has 0 bridgehead atoms. The van der Waals surface area contributed by atoms with E-state index in [0.717, 1.165) is 25.9 Å². The van der Waals surface area contributed by atoms with Gasteiger partial charge >= 0.3 is 0 Å². The summed E-state index contributed by atoms with van der Waals surface area (Å²) in [6.07, 6.45) is 4.82. The summed E-state index contributed by atoms with van der Waals surface area (Å²) in [5.74, 6) is 0.409. The Morgan fingerprint density at radius 1 is 1.00 bits per heavy atom. The Hall–Kier alpha value is -0.123. The summed E-state index contributed by atoms with van der Waals surface area (Å²) < 4.78 is 6.66. The fraction of sp³-hybridized carbons (Fsp3) is 0.900. The average molecular weight is 343 g/mol. The predicted molar refractivity (Wildman–Crippen MR) is 105 cm³/mol. The van der Waals surface area contributed by atoms with Crippen molar-refractivity contribution in [2.45, 2.75) is 104 Å². The van der Waals surface area contributed by atoms with E-state index in [-0.39, 0.29) is 6.10 Å². The quantitative estimate of drug-likeness (QED) is 0.352. The molecule has 0 aromatic carbocycles. The van der Waals surface area contributed by atoms with Gasteiger partial charge in [0.25, 0.3) is 0 Å². The Labute approximate surface area is 146 Å². The van der Waals surface area contributed by atoms with Crippen LogP contribution in [0.3, 0.4) is 0 Å². The Balaban J connectivity index is 4.79. The van der Waals surface area contributed by atoms with Crippen molar-refractivity contribution < 1.29 is 9.53 Å². The smallest absolute Gasteiger partial charge is 0.200 e. The summed E-state index contributed by atoms with van der Waals surface area (Å²) in [5, 5.41) is 9.94. The molecular formula is C20H42O2Si. The summed E-state index contributed by atoms with van der Waals surface area (Å²) in [5.41, 5.74) is 3.18. The first-order valence-corrected chi connectivity index (χ1v) is 11.7. The van der Waals surface area contributed by atoms with Gasteiger partial charge in [0.2, 0.25) is 0 Å². The van der Waals surface area contributed by atoms with Gasteiger partial charge in [-0.3, -0.25) is 0 Å². The van der Waals surface area contributed by atoms with Crippen molar-refractivity contribution in [3.63, 3.8) is 0 Å². The predicted octanol–water partition coefficient (Wildman–Crippen LogP) is 6.31. The van der Waals surface area contributed by atoms with Crippen LogP contribution in [0.1, 0.15) is 81.6 Å². The van der Waals surface area contributed by atoms with Crippen LogP contribution in [0, 0.1) is 5.92 Å². The minimum absolute atomic E-state index is 0.195. The average Bonchev–Trinajstić information content (AvgIpc) is 2.37. The largest absolute Gasteiger partial charge is 0.415 e. The van der Waals surface area contributed by atoms with Crippen molar-refractivity contribution in [3.8, 4) is 0 Å². The van der Waals surface area contributed by atoms with Crippen LogP contribution in [-0.2, 0) is 4.43 Å². The molecule has 23 heavy (non-hydrogen) atoms. The molecule has 3 heteroatoms. The molecule has 0 fully saturated rings. The highest BCUT2D eigenvalue weighted by atomic mass is 28.4. The molecule has 0 radical (unpaired) electrons. The molecule has 0 aromatic rings. The molecule has 2 atom stereocenters. The highest BCUT2D eigenvalue weighted by Crippen LogP contribution is 2.42. The van der Waals surface area contributed by atoms with Gasteiger partial charge in [-0.05, 0) is 42.3 Å². The van der Waals surface area contributed by atoms with Gasteiger partial charge in [-0.25, -0.2) is 0 Å². The highest BCUT2D eigenvalue weighted by Gasteiger charge is 2.45. The van der Waals surface area contributed by atoms with E-state index >= 15 is 0 Å². The Morgan fingerprint density at radius 3 is 1.87 bits per heavy atom. The molecule has 0 rings (SSSR count). The first kappa shape index (κ1) is 22.9. The molecule has 0 amide bonds. The molecule has 138 valence electrons. The third-order valence-electron chi connectivity index (χ3n) is 5.05. The lowest BCUT2D eigenvalue weighted by Gasteiger charge is -2.42. The molecule has 0 saturated carbocycles. The zero-order chi connectivity index (χ0) is 18.2. The summed E-state index contributed by atoms with van der Waals surface area (Å²) >= 11 is 0. The Morgan fingerprint density at radius 2 is 1.48 bits per heavy atom. The third kappa shape index (κ3) is 7.11. The molecule has 1 N–H and O–H groups in total. The molecular weight excluding hydrogens is 300 g/mol. The van der Waals surface area contributed by atoms with Crippen LogP contribution in [0.2, 0.25) is 16.6 Å². The van der Waals surface area contributed by atoms with Gasteiger partial charge in [-0.15, -0.1) is 0 Å². The summed E-state index contributed by atoms with van der Waals surface area (Å²) in [7, 11) is -1.76. The lowest BCUT2D eigenvalue weighted by molar-refractivity contribution is 0.163. The number of hydrogen-bond donors (Lipinski definition) is 1. The Bertz CT molecular complexity index is 326. The van der Waals surface area contributed by atoms with Gasteiger partial charge in [0, 0.05) is 6.61 Å². The van der Waals surface area contributed by atoms with Gasteiger partial charge in [0.1, 0.15) is 0 Å². The van der Waals surface area contributed by atoms with Gasteiger partial charge in [0.05, 0.1) is 6.10 Å². The van der Waals surface area contributed by atoms with E-state index in [1.54, 1.807) is 0 Å². The molecule has 0 spiro atoms. The zero-order valence-electron chi connectivity index (χ0n) is 17.1. The molecule has 2 nitrogen and oxygen atoms in total. The number of hydrogen-bond acceptors (Lipinski definition) is 2. The van der Waals surface area contributed by atoms with E-state index in [2.05, 4.69) is 68.4 Å². The summed E-state index contributed by atoms with van der Waals surface area (Å²) in [4.78, 5) is 0. The maximum absolute atomic E-state index is 9.94. The number of aliphatic hydroxyl groups is 1. The van der Waals surface area contributed by atoms with Crippen molar-refractivity contribution in [2.75, 3.05) is 6.61 Å². The van der Waals surface area contributed by atoms with E-state index in [0.29, 0.717) is 22.5 Å². The fourth-order valence-corrected chi connectivity index (χ4v) is 9.74. The molecule has 0 aliphatic rings. The second kappa shape index (κ2) is 10.7. The Kier molecular flexibility index (Phi) is 10.6. The van der Waals surface area contributed by atoms with E-state index < -0.39 is 8.32 Å². The number of aliphatic hydroxyl groups excluding tert-OH is 1. The van der Waals surface area contributed by atoms with Crippen molar-refractivity contribution in [1.29, 1.82) is 0 Å². The van der Waals surface area contributed by atoms with E-state index in [4.69, 9.17) is 4.43 Å². The standard InChI is InChI=1S/C20H42O2Si/c1-10-11-20(21)13-18(8)12-19(9)14-22-23(15(2)3,16(4)5)17(6)7/h12,15-17,19-21H,10-11,13-14H2,1-9H3/b18-12+/t19-,20+/m1/s1. The van der Waals surface area contributed by atoms with Gasteiger partial charge in [-0.2, -0.15) is 0 Å². The van der Waals surface area contributed by atoms with Crippen molar-refractivity contribution in [2.24, 2.45) is 5.92 Å². The second-order valence-electron chi connectivity index (χ2n) is 8.27. The first-order chi connectivity index (χ1) is 10.6. The first-order valence-electron chi connectivity index (χ1n) is 9.57. The lowest BCUT2D eigenvalue weighted by atomic mass is 10.0. The molecule has 0 aliphatic carbocycles. The van der Waals surface area contributed by atoms with Crippen molar-refractivity contribution in [3.05, 3.63) is 11.6 Å². The molecule has 0 saturated heterocycles. The SMILES string of the molecule is CCC[C@H](O)C/C(C)=C/[C@@H](C)CO[Si](C(C)C)(C(C)C)C(C)C. The fourth-order valence-electron chi connectivity index (χ4n) is 4.18.